The van der Waals surface area contributed by atoms with Crippen LogP contribution in [0.15, 0.2) is 55.0 Å². The minimum Gasteiger partial charge on any atom is -0.336 e. The maximum Gasteiger partial charge on any atom is 0.224 e. The van der Waals surface area contributed by atoms with E-state index in [9.17, 15) is 4.79 Å². The molecular formula is C28H24FN7OS. The van der Waals surface area contributed by atoms with Gasteiger partial charge in [0.15, 0.2) is 5.82 Å². The van der Waals surface area contributed by atoms with Gasteiger partial charge in [0, 0.05) is 34.8 Å². The highest BCUT2D eigenvalue weighted by molar-refractivity contribution is 7.15. The lowest BCUT2D eigenvalue weighted by molar-refractivity contribution is -0.116. The molecule has 10 heteroatoms. The number of fused-ring (bicyclic) bond motifs is 2. The first-order chi connectivity index (χ1) is 18.5. The number of hydrogen-bond donors (Lipinski definition) is 3. The molecule has 5 heterocycles. The summed E-state index contributed by atoms with van der Waals surface area (Å²) in [6.45, 7) is 4.08. The largest absolute Gasteiger partial charge is 0.336 e. The molecule has 6 aromatic rings. The van der Waals surface area contributed by atoms with Gasteiger partial charge >= 0.3 is 0 Å². The normalized spacial score (nSPS) is 11.4. The summed E-state index contributed by atoms with van der Waals surface area (Å²) in [5.74, 6) is -0.0922. The number of aromatic amines is 2. The number of benzene rings is 1. The number of anilines is 1. The summed E-state index contributed by atoms with van der Waals surface area (Å²) in [6.07, 6.45) is 7.04. The molecule has 6 rings (SSSR count). The Balaban J connectivity index is 1.41. The molecule has 38 heavy (non-hydrogen) atoms. The van der Waals surface area contributed by atoms with Crippen molar-refractivity contribution in [2.75, 3.05) is 5.32 Å². The molecule has 0 saturated carbocycles. The van der Waals surface area contributed by atoms with Gasteiger partial charge in [0.05, 0.1) is 33.2 Å². The minimum absolute atomic E-state index is 0.0877. The average molecular weight is 526 g/mol. The van der Waals surface area contributed by atoms with E-state index in [4.69, 9.17) is 4.98 Å². The standard InChI is InChI=1S/C28H24FN7OS/c1-3-4-5-22(37)32-17-12-16(13-30-14-17)18-7-8-19-23(24(18)29)27(36-35-19)28-33-20-10-11-31-26(25(20)34-28)21-9-6-15(2)38-21/h6-14H,3-5H2,1-2H3,(H,32,37)(H,33,34)(H,35,36). The molecule has 0 aliphatic carbocycles. The van der Waals surface area contributed by atoms with E-state index in [1.165, 1.54) is 4.88 Å². The Morgan fingerprint density at radius 2 is 2.00 bits per heavy atom. The van der Waals surface area contributed by atoms with Crippen LogP contribution in [0, 0.1) is 12.7 Å². The number of hydrogen-bond acceptors (Lipinski definition) is 6. The van der Waals surface area contributed by atoms with Crippen LogP contribution in [0.4, 0.5) is 10.1 Å². The second kappa shape index (κ2) is 9.79. The average Bonchev–Trinajstić information content (AvgIpc) is 3.65. The monoisotopic (exact) mass is 525 g/mol. The lowest BCUT2D eigenvalue weighted by Gasteiger charge is -2.08. The summed E-state index contributed by atoms with van der Waals surface area (Å²) < 4.78 is 16.1. The van der Waals surface area contributed by atoms with Crippen LogP contribution >= 0.6 is 11.3 Å². The number of pyridine rings is 2. The van der Waals surface area contributed by atoms with Gasteiger partial charge in [-0.3, -0.25) is 19.9 Å². The van der Waals surface area contributed by atoms with Gasteiger partial charge in [0.1, 0.15) is 22.7 Å². The third-order valence-electron chi connectivity index (χ3n) is 6.36. The van der Waals surface area contributed by atoms with Gasteiger partial charge in [-0.1, -0.05) is 13.3 Å². The number of halogens is 1. The topological polar surface area (TPSA) is 112 Å². The maximum atomic E-state index is 16.1. The third kappa shape index (κ3) is 4.32. The number of H-pyrrole nitrogens is 2. The van der Waals surface area contributed by atoms with Crippen molar-refractivity contribution < 1.29 is 9.18 Å². The number of thiophene rings is 1. The van der Waals surface area contributed by atoms with E-state index in [0.29, 0.717) is 51.2 Å². The van der Waals surface area contributed by atoms with Crippen molar-refractivity contribution in [1.29, 1.82) is 0 Å². The van der Waals surface area contributed by atoms with Crippen LogP contribution in [0.5, 0.6) is 0 Å². The number of rotatable bonds is 7. The Labute approximate surface area is 221 Å². The second-order valence-corrected chi connectivity index (χ2v) is 10.4. The molecule has 0 spiro atoms. The second-order valence-electron chi connectivity index (χ2n) is 9.09. The van der Waals surface area contributed by atoms with Crippen molar-refractivity contribution >= 4 is 44.9 Å². The molecule has 0 atom stereocenters. The first-order valence-electron chi connectivity index (χ1n) is 12.4. The Hall–Kier alpha value is -4.44. The first kappa shape index (κ1) is 23.9. The van der Waals surface area contributed by atoms with Crippen LogP contribution in [-0.2, 0) is 4.79 Å². The Morgan fingerprint density at radius 1 is 1.11 bits per heavy atom. The molecule has 1 amide bonds. The molecule has 5 aromatic heterocycles. The number of nitrogens with one attached hydrogen (secondary N) is 3. The van der Waals surface area contributed by atoms with Crippen molar-refractivity contribution in [2.24, 2.45) is 0 Å². The fourth-order valence-corrected chi connectivity index (χ4v) is 5.34. The van der Waals surface area contributed by atoms with Crippen LogP contribution in [-0.4, -0.2) is 36.0 Å². The molecule has 0 radical (unpaired) electrons. The molecule has 0 bridgehead atoms. The van der Waals surface area contributed by atoms with Gasteiger partial charge in [-0.05, 0) is 49.7 Å². The smallest absolute Gasteiger partial charge is 0.224 e. The number of aryl methyl sites for hydroxylation is 1. The predicted octanol–water partition coefficient (Wildman–Crippen LogP) is 6.87. The summed E-state index contributed by atoms with van der Waals surface area (Å²) in [5, 5.41) is 10.5. The van der Waals surface area contributed by atoms with E-state index in [2.05, 4.69) is 30.5 Å². The molecule has 0 fully saturated rings. The zero-order valence-electron chi connectivity index (χ0n) is 20.8. The van der Waals surface area contributed by atoms with Crippen molar-refractivity contribution in [1.82, 2.24) is 30.1 Å². The Bertz CT molecular complexity index is 1800. The number of carbonyl (C=O) groups excluding carboxylic acids is 1. The lowest BCUT2D eigenvalue weighted by Crippen LogP contribution is -2.11. The molecule has 8 nitrogen and oxygen atoms in total. The minimum atomic E-state index is -0.449. The van der Waals surface area contributed by atoms with E-state index >= 15 is 4.39 Å². The summed E-state index contributed by atoms with van der Waals surface area (Å²) >= 11 is 1.65. The van der Waals surface area contributed by atoms with Gasteiger partial charge in [0.2, 0.25) is 5.91 Å². The molecule has 0 saturated heterocycles. The highest BCUT2D eigenvalue weighted by Gasteiger charge is 2.21. The Kier molecular flexibility index (Phi) is 6.16. The third-order valence-corrected chi connectivity index (χ3v) is 7.36. The van der Waals surface area contributed by atoms with E-state index in [1.807, 2.05) is 32.0 Å². The molecule has 1 aromatic carbocycles. The van der Waals surface area contributed by atoms with Gasteiger partial charge in [-0.2, -0.15) is 5.10 Å². The van der Waals surface area contributed by atoms with E-state index < -0.39 is 5.82 Å². The van der Waals surface area contributed by atoms with Gasteiger partial charge in [0.25, 0.3) is 0 Å². The number of carbonyl (C=O) groups is 1. The number of amides is 1. The molecular weight excluding hydrogens is 501 g/mol. The quantitative estimate of drug-likeness (QED) is 0.211. The lowest BCUT2D eigenvalue weighted by atomic mass is 10.0. The van der Waals surface area contributed by atoms with Crippen LogP contribution < -0.4 is 5.32 Å². The number of aromatic nitrogens is 6. The zero-order chi connectivity index (χ0) is 26.2. The number of unbranched alkanes of at least 4 members (excludes halogenated alkanes) is 1. The number of imidazole rings is 1. The molecule has 0 unspecified atom stereocenters. The van der Waals surface area contributed by atoms with Crippen LogP contribution in [0.25, 0.3) is 55.2 Å². The fraction of sp³-hybridized carbons (Fsp3) is 0.179. The van der Waals surface area contributed by atoms with Crippen LogP contribution in [0.2, 0.25) is 0 Å². The van der Waals surface area contributed by atoms with Gasteiger partial charge in [-0.25, -0.2) is 9.37 Å². The predicted molar refractivity (Wildman–Crippen MR) is 148 cm³/mol. The van der Waals surface area contributed by atoms with Crippen molar-refractivity contribution in [3.8, 4) is 33.2 Å². The zero-order valence-corrected chi connectivity index (χ0v) is 21.6. The van der Waals surface area contributed by atoms with Gasteiger partial charge < -0.3 is 10.3 Å². The summed E-state index contributed by atoms with van der Waals surface area (Å²) in [4.78, 5) is 31.2. The van der Waals surface area contributed by atoms with Crippen LogP contribution in [0.3, 0.4) is 0 Å². The summed E-state index contributed by atoms with van der Waals surface area (Å²) in [5.41, 5.74) is 4.61. The van der Waals surface area contributed by atoms with E-state index in [0.717, 1.165) is 28.9 Å². The fourth-order valence-electron chi connectivity index (χ4n) is 4.47. The summed E-state index contributed by atoms with van der Waals surface area (Å²) in [7, 11) is 0. The number of nitrogens with zero attached hydrogens (tertiary/aromatic N) is 4. The molecule has 190 valence electrons. The van der Waals surface area contributed by atoms with Crippen LogP contribution in [0.1, 0.15) is 31.1 Å². The maximum absolute atomic E-state index is 16.1. The highest BCUT2D eigenvalue weighted by atomic mass is 32.1. The first-order valence-corrected chi connectivity index (χ1v) is 13.2. The molecule has 3 N–H and O–H groups in total. The molecule has 0 aliphatic rings. The summed E-state index contributed by atoms with van der Waals surface area (Å²) in [6, 6.07) is 11.1. The SMILES string of the molecule is CCCCC(=O)Nc1cncc(-c2ccc3[nH]nc(-c4nc5c(-c6ccc(C)s6)nccc5[nH]4)c3c2F)c1. The molecule has 0 aliphatic heterocycles. The van der Waals surface area contributed by atoms with E-state index in [-0.39, 0.29) is 5.91 Å². The van der Waals surface area contributed by atoms with Crippen molar-refractivity contribution in [3.05, 3.63) is 65.7 Å². The van der Waals surface area contributed by atoms with Crippen molar-refractivity contribution in [2.45, 2.75) is 33.1 Å². The van der Waals surface area contributed by atoms with Crippen molar-refractivity contribution in [3.63, 3.8) is 0 Å². The van der Waals surface area contributed by atoms with Gasteiger partial charge in [-0.15, -0.1) is 11.3 Å². The Morgan fingerprint density at radius 3 is 2.82 bits per heavy atom. The highest BCUT2D eigenvalue weighted by Crippen LogP contribution is 2.36. The van der Waals surface area contributed by atoms with E-state index in [1.54, 1.807) is 48.1 Å².